The SMILES string of the molecule is Cc1ccc(C(C)C)cc1OC(C)C(=O)NN1C(=O)NC2(CCC(C)CC2)C1=O. The number of nitrogens with zero attached hydrogens (tertiary/aromatic N) is 1. The van der Waals surface area contributed by atoms with E-state index < -0.39 is 23.6 Å². The molecule has 1 unspecified atom stereocenters. The highest BCUT2D eigenvalue weighted by atomic mass is 16.5. The average molecular weight is 402 g/mol. The Kier molecular flexibility index (Phi) is 5.87. The minimum absolute atomic E-state index is 0.336. The Balaban J connectivity index is 1.66. The molecule has 7 heteroatoms. The fraction of sp³-hybridized carbons (Fsp3) is 0.591. The number of urea groups is 1. The molecule has 2 N–H and O–H groups in total. The van der Waals surface area contributed by atoms with Crippen LogP contribution in [0.3, 0.4) is 0 Å². The molecule has 3 rings (SSSR count). The lowest BCUT2D eigenvalue weighted by molar-refractivity contribution is -0.142. The molecule has 1 aromatic carbocycles. The van der Waals surface area contributed by atoms with Crippen molar-refractivity contribution in [3.05, 3.63) is 29.3 Å². The van der Waals surface area contributed by atoms with Gasteiger partial charge in [-0.05, 0) is 68.6 Å². The van der Waals surface area contributed by atoms with Gasteiger partial charge in [-0.3, -0.25) is 15.0 Å². The van der Waals surface area contributed by atoms with E-state index in [1.807, 2.05) is 25.1 Å². The number of hydrogen-bond donors (Lipinski definition) is 2. The fourth-order valence-corrected chi connectivity index (χ4v) is 3.86. The van der Waals surface area contributed by atoms with Gasteiger partial charge in [-0.15, -0.1) is 0 Å². The van der Waals surface area contributed by atoms with Crippen LogP contribution in [0.5, 0.6) is 5.75 Å². The lowest BCUT2D eigenvalue weighted by Crippen LogP contribution is -2.53. The Morgan fingerprint density at radius 1 is 1.24 bits per heavy atom. The van der Waals surface area contributed by atoms with Crippen LogP contribution in [0.25, 0.3) is 0 Å². The monoisotopic (exact) mass is 401 g/mol. The normalized spacial score (nSPS) is 25.3. The number of aryl methyl sites for hydroxylation is 1. The molecule has 1 spiro atoms. The largest absolute Gasteiger partial charge is 0.481 e. The predicted octanol–water partition coefficient (Wildman–Crippen LogP) is 3.42. The third kappa shape index (κ3) is 4.23. The zero-order chi connectivity index (χ0) is 21.3. The van der Waals surface area contributed by atoms with Crippen molar-refractivity contribution in [2.45, 2.75) is 77.9 Å². The summed E-state index contributed by atoms with van der Waals surface area (Å²) in [5.74, 6) is 0.570. The molecule has 1 aromatic rings. The molecule has 29 heavy (non-hydrogen) atoms. The summed E-state index contributed by atoms with van der Waals surface area (Å²) in [5, 5.41) is 3.61. The second-order valence-electron chi connectivity index (χ2n) is 8.75. The number of benzene rings is 1. The van der Waals surface area contributed by atoms with E-state index in [1.165, 1.54) is 0 Å². The van der Waals surface area contributed by atoms with Gasteiger partial charge in [0.25, 0.3) is 11.8 Å². The van der Waals surface area contributed by atoms with E-state index in [4.69, 9.17) is 4.74 Å². The van der Waals surface area contributed by atoms with Gasteiger partial charge in [-0.2, -0.15) is 5.01 Å². The van der Waals surface area contributed by atoms with E-state index in [2.05, 4.69) is 31.5 Å². The summed E-state index contributed by atoms with van der Waals surface area (Å²) < 4.78 is 5.85. The molecule has 1 atom stereocenters. The van der Waals surface area contributed by atoms with Crippen LogP contribution in [0.1, 0.15) is 70.4 Å². The number of ether oxygens (including phenoxy) is 1. The van der Waals surface area contributed by atoms with Gasteiger partial charge < -0.3 is 10.1 Å². The summed E-state index contributed by atoms with van der Waals surface area (Å²) in [4.78, 5) is 37.9. The van der Waals surface area contributed by atoms with Gasteiger partial charge in [0.05, 0.1) is 0 Å². The van der Waals surface area contributed by atoms with Crippen LogP contribution in [0.4, 0.5) is 4.79 Å². The molecule has 0 aromatic heterocycles. The summed E-state index contributed by atoms with van der Waals surface area (Å²) in [7, 11) is 0. The van der Waals surface area contributed by atoms with Gasteiger partial charge in [0.1, 0.15) is 11.3 Å². The quantitative estimate of drug-likeness (QED) is 0.740. The molecule has 2 fully saturated rings. The van der Waals surface area contributed by atoms with Crippen molar-refractivity contribution in [2.75, 3.05) is 0 Å². The summed E-state index contributed by atoms with van der Waals surface area (Å²) >= 11 is 0. The molecule has 2 aliphatic rings. The highest BCUT2D eigenvalue weighted by molar-refractivity contribution is 6.08. The van der Waals surface area contributed by atoms with E-state index in [0.717, 1.165) is 29.0 Å². The highest BCUT2D eigenvalue weighted by Crippen LogP contribution is 2.35. The van der Waals surface area contributed by atoms with Crippen molar-refractivity contribution in [1.82, 2.24) is 15.8 Å². The van der Waals surface area contributed by atoms with Crippen LogP contribution in [-0.2, 0) is 9.59 Å². The number of nitrogens with one attached hydrogen (secondary N) is 2. The lowest BCUT2D eigenvalue weighted by Gasteiger charge is -2.33. The molecule has 0 bridgehead atoms. The summed E-state index contributed by atoms with van der Waals surface area (Å²) in [5.41, 5.74) is 3.59. The highest BCUT2D eigenvalue weighted by Gasteiger charge is 2.53. The summed E-state index contributed by atoms with van der Waals surface area (Å²) in [6, 6.07) is 5.34. The lowest BCUT2D eigenvalue weighted by atomic mass is 9.77. The van der Waals surface area contributed by atoms with Gasteiger partial charge in [0.15, 0.2) is 6.10 Å². The fourth-order valence-electron chi connectivity index (χ4n) is 3.86. The van der Waals surface area contributed by atoms with Gasteiger partial charge in [0.2, 0.25) is 0 Å². The predicted molar refractivity (Wildman–Crippen MR) is 109 cm³/mol. The van der Waals surface area contributed by atoms with Crippen molar-refractivity contribution >= 4 is 17.8 Å². The molecule has 1 saturated carbocycles. The first-order valence-corrected chi connectivity index (χ1v) is 10.4. The maximum atomic E-state index is 12.9. The van der Waals surface area contributed by atoms with Crippen LogP contribution in [0.15, 0.2) is 18.2 Å². The van der Waals surface area contributed by atoms with E-state index in [1.54, 1.807) is 6.92 Å². The topological polar surface area (TPSA) is 87.7 Å². The Bertz CT molecular complexity index is 812. The maximum Gasteiger partial charge on any atom is 0.344 e. The van der Waals surface area contributed by atoms with Crippen molar-refractivity contribution in [3.63, 3.8) is 0 Å². The number of rotatable bonds is 5. The van der Waals surface area contributed by atoms with Crippen LogP contribution in [-0.4, -0.2) is 34.5 Å². The minimum atomic E-state index is -0.886. The van der Waals surface area contributed by atoms with Gasteiger partial charge in [0, 0.05) is 0 Å². The third-order valence-electron chi connectivity index (χ3n) is 6.06. The minimum Gasteiger partial charge on any atom is -0.481 e. The van der Waals surface area contributed by atoms with Crippen LogP contribution in [0.2, 0.25) is 0 Å². The zero-order valence-electron chi connectivity index (χ0n) is 17.9. The molecular weight excluding hydrogens is 370 g/mol. The molecule has 7 nitrogen and oxygen atoms in total. The molecule has 4 amide bonds. The summed E-state index contributed by atoms with van der Waals surface area (Å²) in [6.45, 7) is 9.83. The number of hydrazine groups is 1. The average Bonchev–Trinajstić information content (AvgIpc) is 2.90. The van der Waals surface area contributed by atoms with Gasteiger partial charge in [-0.1, -0.05) is 32.9 Å². The number of carbonyl (C=O) groups is 3. The van der Waals surface area contributed by atoms with E-state index in [0.29, 0.717) is 30.4 Å². The van der Waals surface area contributed by atoms with E-state index >= 15 is 0 Å². The first kappa shape index (κ1) is 21.1. The Morgan fingerprint density at radius 3 is 2.52 bits per heavy atom. The number of carbonyl (C=O) groups excluding carboxylic acids is 3. The molecule has 1 aliphatic carbocycles. The molecule has 1 heterocycles. The number of imide groups is 1. The van der Waals surface area contributed by atoms with Crippen LogP contribution >= 0.6 is 0 Å². The standard InChI is InChI=1S/C22H31N3O4/c1-13(2)17-7-6-15(4)18(12-17)29-16(5)19(26)24-25-20(27)22(23-21(25)28)10-8-14(3)9-11-22/h6-7,12-14,16H,8-11H2,1-5H3,(H,23,28)(H,24,26). The molecule has 158 valence electrons. The first-order valence-electron chi connectivity index (χ1n) is 10.4. The smallest absolute Gasteiger partial charge is 0.344 e. The van der Waals surface area contributed by atoms with Crippen molar-refractivity contribution in [3.8, 4) is 5.75 Å². The van der Waals surface area contributed by atoms with Crippen molar-refractivity contribution < 1.29 is 19.1 Å². The number of hydrogen-bond acceptors (Lipinski definition) is 4. The summed E-state index contributed by atoms with van der Waals surface area (Å²) in [6.07, 6.45) is 2.08. The first-order chi connectivity index (χ1) is 13.6. The van der Waals surface area contributed by atoms with Crippen molar-refractivity contribution in [2.24, 2.45) is 5.92 Å². The molecule has 1 aliphatic heterocycles. The zero-order valence-corrected chi connectivity index (χ0v) is 17.9. The van der Waals surface area contributed by atoms with E-state index in [-0.39, 0.29) is 5.91 Å². The Labute approximate surface area is 172 Å². The van der Waals surface area contributed by atoms with Gasteiger partial charge in [-0.25, -0.2) is 4.79 Å². The second-order valence-corrected chi connectivity index (χ2v) is 8.75. The van der Waals surface area contributed by atoms with Crippen LogP contribution < -0.4 is 15.5 Å². The number of amides is 4. The Hall–Kier alpha value is -2.57. The molecular formula is C22H31N3O4. The Morgan fingerprint density at radius 2 is 1.90 bits per heavy atom. The maximum absolute atomic E-state index is 12.9. The molecule has 0 radical (unpaired) electrons. The van der Waals surface area contributed by atoms with Gasteiger partial charge >= 0.3 is 6.03 Å². The van der Waals surface area contributed by atoms with Crippen LogP contribution in [0, 0.1) is 12.8 Å². The third-order valence-corrected chi connectivity index (χ3v) is 6.06. The molecule has 1 saturated heterocycles. The van der Waals surface area contributed by atoms with Crippen molar-refractivity contribution in [1.29, 1.82) is 0 Å². The second kappa shape index (κ2) is 8.05. The van der Waals surface area contributed by atoms with E-state index in [9.17, 15) is 14.4 Å².